The van der Waals surface area contributed by atoms with Crippen molar-refractivity contribution in [2.75, 3.05) is 25.1 Å². The predicted molar refractivity (Wildman–Crippen MR) is 91.5 cm³/mol. The number of hydrogen-bond donors (Lipinski definition) is 1. The molecule has 0 aromatic carbocycles. The summed E-state index contributed by atoms with van der Waals surface area (Å²) in [6.45, 7) is 4.66. The van der Waals surface area contributed by atoms with E-state index in [2.05, 4.69) is 33.3 Å². The third-order valence-corrected chi connectivity index (χ3v) is 4.54. The number of thiophene rings is 1. The number of pyridine rings is 1. The number of unbranched alkanes of at least 4 members (excludes halogenated alkanes) is 1. The molecule has 0 atom stereocenters. The lowest BCUT2D eigenvalue weighted by molar-refractivity contribution is 0.131. The summed E-state index contributed by atoms with van der Waals surface area (Å²) < 4.78 is 6.64. The average Bonchev–Trinajstić information content (AvgIpc) is 2.93. The normalized spacial score (nSPS) is 11.3. The van der Waals surface area contributed by atoms with Gasteiger partial charge in [0.15, 0.2) is 0 Å². The van der Waals surface area contributed by atoms with E-state index in [0.29, 0.717) is 0 Å². The van der Waals surface area contributed by atoms with Crippen molar-refractivity contribution in [1.29, 1.82) is 0 Å². The number of fused-ring (bicyclic) bond motifs is 3. The van der Waals surface area contributed by atoms with Crippen LogP contribution in [0.5, 0.6) is 0 Å². The van der Waals surface area contributed by atoms with E-state index in [1.165, 1.54) is 6.42 Å². The van der Waals surface area contributed by atoms with Gasteiger partial charge in [0.25, 0.3) is 0 Å². The van der Waals surface area contributed by atoms with Gasteiger partial charge in [-0.2, -0.15) is 0 Å². The summed E-state index contributed by atoms with van der Waals surface area (Å²) in [5, 5.41) is 4.48. The maximum Gasteiger partial charge on any atom is 0.147 e. The maximum atomic E-state index is 5.57. The van der Waals surface area contributed by atoms with Gasteiger partial charge in [0.05, 0.1) is 10.2 Å². The van der Waals surface area contributed by atoms with Gasteiger partial charge in [0, 0.05) is 31.3 Å². The highest BCUT2D eigenvalue weighted by Crippen LogP contribution is 2.34. The van der Waals surface area contributed by atoms with E-state index in [1.807, 2.05) is 12.3 Å². The van der Waals surface area contributed by atoms with Crippen molar-refractivity contribution < 1.29 is 4.74 Å². The van der Waals surface area contributed by atoms with Crippen LogP contribution in [-0.4, -0.2) is 34.7 Å². The van der Waals surface area contributed by atoms with Gasteiger partial charge in [-0.05, 0) is 25.0 Å². The molecular formula is C16H20N4OS. The first-order valence-corrected chi connectivity index (χ1v) is 8.51. The van der Waals surface area contributed by atoms with Crippen LogP contribution in [-0.2, 0) is 4.74 Å². The van der Waals surface area contributed by atoms with Crippen molar-refractivity contribution >= 4 is 37.6 Å². The van der Waals surface area contributed by atoms with Gasteiger partial charge < -0.3 is 10.1 Å². The zero-order chi connectivity index (χ0) is 15.2. The summed E-state index contributed by atoms with van der Waals surface area (Å²) in [5.74, 6) is 0.890. The Hall–Kier alpha value is -1.79. The molecule has 0 aliphatic heterocycles. The largest absolute Gasteiger partial charge is 0.381 e. The van der Waals surface area contributed by atoms with E-state index < -0.39 is 0 Å². The highest BCUT2D eigenvalue weighted by Gasteiger charge is 2.11. The molecule has 3 aromatic rings. The summed E-state index contributed by atoms with van der Waals surface area (Å²) in [4.78, 5) is 14.2. The standard InChI is InChI=1S/C16H20N4OS/c1-2-3-9-21-10-5-8-17-15-14-13(19-11-20-15)12-6-4-7-18-16(12)22-14/h4,6-7,11H,2-3,5,8-10H2,1H3,(H,17,19,20). The zero-order valence-corrected chi connectivity index (χ0v) is 13.5. The highest BCUT2D eigenvalue weighted by molar-refractivity contribution is 7.25. The number of hydrogen-bond acceptors (Lipinski definition) is 6. The Morgan fingerprint density at radius 3 is 3.00 bits per heavy atom. The second-order valence-electron chi connectivity index (χ2n) is 5.10. The number of nitrogens with one attached hydrogen (secondary N) is 1. The third-order valence-electron chi connectivity index (χ3n) is 3.43. The number of aromatic nitrogens is 3. The lowest BCUT2D eigenvalue weighted by Gasteiger charge is -2.06. The topological polar surface area (TPSA) is 59.9 Å². The summed E-state index contributed by atoms with van der Waals surface area (Å²) in [6.07, 6.45) is 6.71. The SMILES string of the molecule is CCCCOCCCNc1ncnc2c1sc1ncccc12. The molecule has 1 N–H and O–H groups in total. The van der Waals surface area contributed by atoms with Crippen LogP contribution in [0, 0.1) is 0 Å². The zero-order valence-electron chi connectivity index (χ0n) is 12.7. The average molecular weight is 316 g/mol. The van der Waals surface area contributed by atoms with Crippen LogP contribution in [0.4, 0.5) is 5.82 Å². The molecule has 0 aliphatic rings. The number of rotatable bonds is 8. The first-order valence-electron chi connectivity index (χ1n) is 7.70. The fourth-order valence-electron chi connectivity index (χ4n) is 2.27. The molecule has 0 spiro atoms. The minimum absolute atomic E-state index is 0.787. The smallest absolute Gasteiger partial charge is 0.147 e. The van der Waals surface area contributed by atoms with E-state index in [9.17, 15) is 0 Å². The van der Waals surface area contributed by atoms with Gasteiger partial charge >= 0.3 is 0 Å². The Balaban J connectivity index is 1.64. The molecule has 22 heavy (non-hydrogen) atoms. The van der Waals surface area contributed by atoms with E-state index in [-0.39, 0.29) is 0 Å². The second kappa shape index (κ2) is 7.47. The molecule has 3 heterocycles. The van der Waals surface area contributed by atoms with E-state index in [1.54, 1.807) is 17.7 Å². The molecule has 3 rings (SSSR count). The lowest BCUT2D eigenvalue weighted by atomic mass is 10.3. The van der Waals surface area contributed by atoms with Crippen molar-refractivity contribution in [3.63, 3.8) is 0 Å². The Labute approximate surface area is 133 Å². The molecule has 6 heteroatoms. The Morgan fingerprint density at radius 2 is 2.09 bits per heavy atom. The molecule has 0 saturated carbocycles. The number of anilines is 1. The van der Waals surface area contributed by atoms with Crippen LogP contribution in [0.1, 0.15) is 26.2 Å². The Kier molecular flexibility index (Phi) is 5.13. The van der Waals surface area contributed by atoms with Gasteiger partial charge in [-0.1, -0.05) is 13.3 Å². The van der Waals surface area contributed by atoms with Crippen LogP contribution in [0.3, 0.4) is 0 Å². The third kappa shape index (κ3) is 3.34. The Bertz CT molecular complexity index is 743. The van der Waals surface area contributed by atoms with Crippen molar-refractivity contribution in [2.24, 2.45) is 0 Å². The molecular weight excluding hydrogens is 296 g/mol. The van der Waals surface area contributed by atoms with E-state index in [0.717, 1.165) is 58.9 Å². The van der Waals surface area contributed by atoms with Crippen molar-refractivity contribution in [1.82, 2.24) is 15.0 Å². The first-order chi connectivity index (χ1) is 10.9. The number of nitrogens with zero attached hydrogens (tertiary/aromatic N) is 3. The van der Waals surface area contributed by atoms with Gasteiger partial charge in [-0.15, -0.1) is 11.3 Å². The van der Waals surface area contributed by atoms with Crippen LogP contribution >= 0.6 is 11.3 Å². The van der Waals surface area contributed by atoms with Crippen molar-refractivity contribution in [3.05, 3.63) is 24.7 Å². The molecule has 0 fully saturated rings. The minimum atomic E-state index is 0.787. The Morgan fingerprint density at radius 1 is 1.18 bits per heavy atom. The molecule has 5 nitrogen and oxygen atoms in total. The van der Waals surface area contributed by atoms with Gasteiger partial charge in [-0.25, -0.2) is 15.0 Å². The van der Waals surface area contributed by atoms with Crippen molar-refractivity contribution in [2.45, 2.75) is 26.2 Å². The number of ether oxygens (including phenoxy) is 1. The fourth-order valence-corrected chi connectivity index (χ4v) is 3.33. The first kappa shape index (κ1) is 15.1. The fraction of sp³-hybridized carbons (Fsp3) is 0.438. The quantitative estimate of drug-likeness (QED) is 0.639. The second-order valence-corrected chi connectivity index (χ2v) is 6.10. The highest BCUT2D eigenvalue weighted by atomic mass is 32.1. The molecule has 0 radical (unpaired) electrons. The van der Waals surface area contributed by atoms with Gasteiger partial charge in [-0.3, -0.25) is 0 Å². The van der Waals surface area contributed by atoms with Gasteiger partial charge in [0.1, 0.15) is 17.0 Å². The summed E-state index contributed by atoms with van der Waals surface area (Å²) in [6, 6.07) is 4.00. The monoisotopic (exact) mass is 316 g/mol. The molecule has 0 bridgehead atoms. The maximum absolute atomic E-state index is 5.57. The molecule has 0 aliphatic carbocycles. The van der Waals surface area contributed by atoms with Crippen molar-refractivity contribution in [3.8, 4) is 0 Å². The minimum Gasteiger partial charge on any atom is -0.381 e. The lowest BCUT2D eigenvalue weighted by Crippen LogP contribution is -2.07. The van der Waals surface area contributed by atoms with Crippen LogP contribution in [0.15, 0.2) is 24.7 Å². The van der Waals surface area contributed by atoms with Crippen LogP contribution in [0.25, 0.3) is 20.4 Å². The van der Waals surface area contributed by atoms with Crippen LogP contribution < -0.4 is 5.32 Å². The predicted octanol–water partition coefficient (Wildman–Crippen LogP) is 3.86. The van der Waals surface area contributed by atoms with Gasteiger partial charge in [0.2, 0.25) is 0 Å². The summed E-state index contributed by atoms with van der Waals surface area (Å²) in [5.41, 5.74) is 0.977. The molecule has 0 amide bonds. The molecule has 3 aromatic heterocycles. The molecule has 116 valence electrons. The molecule has 0 saturated heterocycles. The van der Waals surface area contributed by atoms with Crippen LogP contribution in [0.2, 0.25) is 0 Å². The summed E-state index contributed by atoms with van der Waals surface area (Å²) >= 11 is 1.63. The summed E-state index contributed by atoms with van der Waals surface area (Å²) in [7, 11) is 0. The van der Waals surface area contributed by atoms with E-state index in [4.69, 9.17) is 4.74 Å². The van der Waals surface area contributed by atoms with E-state index >= 15 is 0 Å². The molecule has 0 unspecified atom stereocenters.